The third kappa shape index (κ3) is 1.12. The van der Waals surface area contributed by atoms with Gasteiger partial charge in [0.1, 0.15) is 11.4 Å². The van der Waals surface area contributed by atoms with Gasteiger partial charge < -0.3 is 16.0 Å². The molecule has 5 heteroatoms. The van der Waals surface area contributed by atoms with Gasteiger partial charge in [-0.1, -0.05) is 6.92 Å². The Morgan fingerprint density at radius 1 is 1.71 bits per heavy atom. The molecule has 0 aliphatic carbocycles. The van der Waals surface area contributed by atoms with Crippen molar-refractivity contribution in [3.63, 3.8) is 0 Å². The minimum Gasteiger partial charge on any atom is -0.385 e. The first-order chi connectivity index (χ1) is 6.70. The zero-order valence-electron chi connectivity index (χ0n) is 8.42. The fourth-order valence-corrected chi connectivity index (χ4v) is 2.25. The summed E-state index contributed by atoms with van der Waals surface area (Å²) in [6.45, 7) is 4.44. The van der Waals surface area contributed by atoms with E-state index in [1.54, 1.807) is 0 Å². The van der Waals surface area contributed by atoms with Crippen molar-refractivity contribution in [3.8, 4) is 0 Å². The lowest BCUT2D eigenvalue weighted by Crippen LogP contribution is -2.55. The number of hydrogen-bond acceptors (Lipinski definition) is 3. The number of nitrogens with zero attached hydrogens (tertiary/aromatic N) is 2. The highest BCUT2D eigenvalue weighted by molar-refractivity contribution is 6.06. The summed E-state index contributed by atoms with van der Waals surface area (Å²) in [5.74, 6) is 0.487. The Labute approximate surface area is 83.4 Å². The molecular formula is C9H16N4O. The van der Waals surface area contributed by atoms with Gasteiger partial charge in [0.05, 0.1) is 0 Å². The van der Waals surface area contributed by atoms with Crippen LogP contribution in [0.15, 0.2) is 4.99 Å². The Morgan fingerprint density at radius 2 is 2.50 bits per heavy atom. The van der Waals surface area contributed by atoms with Crippen LogP contribution in [0.5, 0.6) is 0 Å². The van der Waals surface area contributed by atoms with Crippen LogP contribution in [-0.4, -0.2) is 41.9 Å². The summed E-state index contributed by atoms with van der Waals surface area (Å²) in [4.78, 5) is 17.2. The van der Waals surface area contributed by atoms with Crippen LogP contribution in [0.1, 0.15) is 19.8 Å². The molecule has 0 saturated carbocycles. The van der Waals surface area contributed by atoms with E-state index in [9.17, 15) is 4.79 Å². The van der Waals surface area contributed by atoms with Crippen molar-refractivity contribution in [1.82, 2.24) is 10.2 Å². The lowest BCUT2D eigenvalue weighted by molar-refractivity contribution is 0.178. The summed E-state index contributed by atoms with van der Waals surface area (Å²) in [6, 6.07) is -0.173. The highest BCUT2D eigenvalue weighted by atomic mass is 16.2. The highest BCUT2D eigenvalue weighted by Gasteiger charge is 2.49. The molecule has 2 amide bonds. The second-order valence-electron chi connectivity index (χ2n) is 3.89. The molecule has 2 rings (SSSR count). The average Bonchev–Trinajstić information content (AvgIpc) is 2.70. The molecule has 0 bridgehead atoms. The van der Waals surface area contributed by atoms with Gasteiger partial charge in [-0.25, -0.2) is 4.79 Å². The summed E-state index contributed by atoms with van der Waals surface area (Å²) in [7, 11) is 0. The lowest BCUT2D eigenvalue weighted by Gasteiger charge is -2.33. The number of nitrogens with two attached hydrogens (primary N) is 1. The monoisotopic (exact) mass is 196 g/mol. The minimum atomic E-state index is -0.312. The summed E-state index contributed by atoms with van der Waals surface area (Å²) in [5, 5.41) is 3.24. The van der Waals surface area contributed by atoms with Crippen LogP contribution in [-0.2, 0) is 0 Å². The molecule has 0 aromatic rings. The normalized spacial score (nSPS) is 31.6. The Balaban J connectivity index is 2.27. The van der Waals surface area contributed by atoms with E-state index in [4.69, 9.17) is 5.73 Å². The summed E-state index contributed by atoms with van der Waals surface area (Å²) in [5.41, 5.74) is 5.52. The molecule has 1 fully saturated rings. The van der Waals surface area contributed by atoms with Gasteiger partial charge in [0.25, 0.3) is 0 Å². The van der Waals surface area contributed by atoms with E-state index in [-0.39, 0.29) is 11.6 Å². The maximum absolute atomic E-state index is 11.6. The van der Waals surface area contributed by atoms with Gasteiger partial charge in [-0.2, -0.15) is 4.99 Å². The summed E-state index contributed by atoms with van der Waals surface area (Å²) >= 11 is 0. The van der Waals surface area contributed by atoms with Crippen molar-refractivity contribution >= 4 is 11.9 Å². The molecule has 2 aliphatic heterocycles. The van der Waals surface area contributed by atoms with Crippen LogP contribution in [0, 0.1) is 0 Å². The van der Waals surface area contributed by atoms with Gasteiger partial charge in [-0.05, 0) is 19.4 Å². The van der Waals surface area contributed by atoms with Gasteiger partial charge >= 0.3 is 6.03 Å². The van der Waals surface area contributed by atoms with Crippen LogP contribution in [0.3, 0.4) is 0 Å². The topological polar surface area (TPSA) is 70.7 Å². The van der Waals surface area contributed by atoms with Crippen molar-refractivity contribution < 1.29 is 4.79 Å². The maximum atomic E-state index is 11.6. The predicted molar refractivity (Wildman–Crippen MR) is 54.2 cm³/mol. The molecule has 0 aromatic carbocycles. The average molecular weight is 196 g/mol. The van der Waals surface area contributed by atoms with Crippen molar-refractivity contribution in [3.05, 3.63) is 0 Å². The van der Waals surface area contributed by atoms with Crippen LogP contribution < -0.4 is 11.1 Å². The SMILES string of the molecule is CCCN1C(=O)N=C(N)C12CCNC2. The van der Waals surface area contributed by atoms with Gasteiger partial charge in [0.15, 0.2) is 0 Å². The zero-order chi connectivity index (χ0) is 10.2. The van der Waals surface area contributed by atoms with E-state index < -0.39 is 0 Å². The van der Waals surface area contributed by atoms with E-state index in [1.807, 2.05) is 4.90 Å². The molecule has 1 saturated heterocycles. The van der Waals surface area contributed by atoms with Gasteiger partial charge in [0, 0.05) is 13.1 Å². The minimum absolute atomic E-state index is 0.173. The molecule has 5 nitrogen and oxygen atoms in total. The Kier molecular flexibility index (Phi) is 2.19. The fourth-order valence-electron chi connectivity index (χ4n) is 2.25. The number of amides is 2. The summed E-state index contributed by atoms with van der Waals surface area (Å²) in [6.07, 6.45) is 1.82. The number of aliphatic imine (C=N–C) groups is 1. The van der Waals surface area contributed by atoms with Crippen molar-refractivity contribution in [2.45, 2.75) is 25.3 Å². The first-order valence-electron chi connectivity index (χ1n) is 5.07. The van der Waals surface area contributed by atoms with Crippen molar-refractivity contribution in [1.29, 1.82) is 0 Å². The van der Waals surface area contributed by atoms with E-state index in [2.05, 4.69) is 17.2 Å². The molecule has 1 spiro atoms. The van der Waals surface area contributed by atoms with E-state index in [0.29, 0.717) is 5.84 Å². The molecule has 0 radical (unpaired) electrons. The molecule has 1 atom stereocenters. The van der Waals surface area contributed by atoms with Crippen LogP contribution in [0.25, 0.3) is 0 Å². The second kappa shape index (κ2) is 3.24. The lowest BCUT2D eigenvalue weighted by atomic mass is 9.96. The number of amidine groups is 1. The maximum Gasteiger partial charge on any atom is 0.346 e. The molecule has 3 N–H and O–H groups in total. The number of urea groups is 1. The second-order valence-corrected chi connectivity index (χ2v) is 3.89. The van der Waals surface area contributed by atoms with Crippen LogP contribution in [0.2, 0.25) is 0 Å². The van der Waals surface area contributed by atoms with Gasteiger partial charge in [0.2, 0.25) is 0 Å². The largest absolute Gasteiger partial charge is 0.385 e. The standard InChI is InChI=1S/C9H16N4O/c1-2-5-13-8(14)12-7(10)9(13)3-4-11-6-9/h11H,2-6H2,1H3,(H2,10,12,14). The third-order valence-electron chi connectivity index (χ3n) is 3.02. The molecule has 78 valence electrons. The molecule has 2 aliphatic rings. The zero-order valence-corrected chi connectivity index (χ0v) is 8.42. The highest BCUT2D eigenvalue weighted by Crippen LogP contribution is 2.29. The first-order valence-corrected chi connectivity index (χ1v) is 5.07. The van der Waals surface area contributed by atoms with E-state index >= 15 is 0 Å². The molecular weight excluding hydrogens is 180 g/mol. The van der Waals surface area contributed by atoms with Crippen LogP contribution in [0.4, 0.5) is 4.79 Å². The number of carbonyl (C=O) groups excluding carboxylic acids is 1. The molecule has 14 heavy (non-hydrogen) atoms. The van der Waals surface area contributed by atoms with Gasteiger partial charge in [-0.3, -0.25) is 0 Å². The Morgan fingerprint density at radius 3 is 3.07 bits per heavy atom. The number of rotatable bonds is 2. The first kappa shape index (κ1) is 9.45. The van der Waals surface area contributed by atoms with Gasteiger partial charge in [-0.15, -0.1) is 0 Å². The van der Waals surface area contributed by atoms with E-state index in [1.165, 1.54) is 0 Å². The number of carbonyl (C=O) groups is 1. The van der Waals surface area contributed by atoms with Crippen molar-refractivity contribution in [2.75, 3.05) is 19.6 Å². The molecule has 1 unspecified atom stereocenters. The Hall–Kier alpha value is -1.10. The number of hydrogen-bond donors (Lipinski definition) is 2. The molecule has 0 aromatic heterocycles. The third-order valence-corrected chi connectivity index (χ3v) is 3.02. The number of nitrogens with one attached hydrogen (secondary N) is 1. The fraction of sp³-hybridized carbons (Fsp3) is 0.778. The Bertz CT molecular complexity index is 281. The molecule has 2 heterocycles. The predicted octanol–water partition coefficient (Wildman–Crippen LogP) is -0.0787. The smallest absolute Gasteiger partial charge is 0.346 e. The van der Waals surface area contributed by atoms with E-state index in [0.717, 1.165) is 32.5 Å². The summed E-state index contributed by atoms with van der Waals surface area (Å²) < 4.78 is 0. The van der Waals surface area contributed by atoms with Crippen molar-refractivity contribution in [2.24, 2.45) is 10.7 Å². The van der Waals surface area contributed by atoms with Crippen LogP contribution >= 0.6 is 0 Å². The quantitative estimate of drug-likeness (QED) is 0.649.